The molecule has 1 saturated heterocycles. The normalized spacial score (nSPS) is 16.8. The average molecular weight is 403 g/mol. The third-order valence-electron chi connectivity index (χ3n) is 5.13. The Balaban J connectivity index is 1.54. The molecule has 1 amide bonds. The molecule has 4 rings (SSSR count). The van der Waals surface area contributed by atoms with E-state index in [0.717, 1.165) is 17.1 Å². The zero-order valence-corrected chi connectivity index (χ0v) is 16.4. The summed E-state index contributed by atoms with van der Waals surface area (Å²) in [6, 6.07) is 4.28. The van der Waals surface area contributed by atoms with Crippen molar-refractivity contribution in [1.29, 1.82) is 5.41 Å². The predicted molar refractivity (Wildman–Crippen MR) is 109 cm³/mol. The summed E-state index contributed by atoms with van der Waals surface area (Å²) in [5.41, 5.74) is 3.29. The van der Waals surface area contributed by atoms with Gasteiger partial charge in [-0.1, -0.05) is 11.6 Å². The zero-order chi connectivity index (χ0) is 19.7. The molecule has 28 heavy (non-hydrogen) atoms. The van der Waals surface area contributed by atoms with Gasteiger partial charge in [-0.3, -0.25) is 4.68 Å². The maximum Gasteiger partial charge on any atom is 0.409 e. The van der Waals surface area contributed by atoms with Gasteiger partial charge in [-0.15, -0.1) is 0 Å². The lowest BCUT2D eigenvalue weighted by Crippen LogP contribution is -2.48. The van der Waals surface area contributed by atoms with E-state index in [0.29, 0.717) is 42.8 Å². The van der Waals surface area contributed by atoms with Crippen molar-refractivity contribution in [3.8, 4) is 0 Å². The Hall–Kier alpha value is -2.74. The molecule has 0 atom stereocenters. The minimum atomic E-state index is -0.306. The summed E-state index contributed by atoms with van der Waals surface area (Å²) in [5.74, 6) is 0. The van der Waals surface area contributed by atoms with Gasteiger partial charge in [-0.2, -0.15) is 5.10 Å². The van der Waals surface area contributed by atoms with Gasteiger partial charge in [-0.05, 0) is 25.0 Å². The van der Waals surface area contributed by atoms with E-state index in [2.05, 4.69) is 15.3 Å². The van der Waals surface area contributed by atoms with Crippen LogP contribution in [-0.2, 0) is 4.74 Å². The molecule has 2 fully saturated rings. The van der Waals surface area contributed by atoms with Crippen LogP contribution in [0.25, 0.3) is 0 Å². The molecule has 2 aromatic rings. The van der Waals surface area contributed by atoms with Gasteiger partial charge in [0.25, 0.3) is 0 Å². The van der Waals surface area contributed by atoms with Crippen molar-refractivity contribution < 1.29 is 9.53 Å². The van der Waals surface area contributed by atoms with Crippen molar-refractivity contribution in [2.24, 2.45) is 0 Å². The van der Waals surface area contributed by atoms with Gasteiger partial charge in [-0.25, -0.2) is 4.79 Å². The van der Waals surface area contributed by atoms with E-state index in [1.807, 2.05) is 16.9 Å². The third kappa shape index (κ3) is 3.77. The maximum absolute atomic E-state index is 11.7. The molecule has 0 spiro atoms. The van der Waals surface area contributed by atoms with Gasteiger partial charge in [0.1, 0.15) is 0 Å². The number of piperazine rings is 1. The quantitative estimate of drug-likeness (QED) is 0.747. The predicted octanol–water partition coefficient (Wildman–Crippen LogP) is 3.50. The SMILES string of the molecule is COC(=O)N1CCN(c2cc(Nc3cnn(C4CC4)c3)c(C=N)cc2Cl)CC1. The molecule has 2 aliphatic rings. The fourth-order valence-corrected chi connectivity index (χ4v) is 3.69. The van der Waals surface area contributed by atoms with Crippen molar-refractivity contribution in [2.75, 3.05) is 43.5 Å². The highest BCUT2D eigenvalue weighted by Gasteiger charge is 2.25. The van der Waals surface area contributed by atoms with Crippen LogP contribution in [-0.4, -0.2) is 60.3 Å². The van der Waals surface area contributed by atoms with E-state index < -0.39 is 0 Å². The van der Waals surface area contributed by atoms with Crippen molar-refractivity contribution in [1.82, 2.24) is 14.7 Å². The number of nitrogens with one attached hydrogen (secondary N) is 2. The second kappa shape index (κ2) is 7.71. The summed E-state index contributed by atoms with van der Waals surface area (Å²) in [7, 11) is 1.39. The summed E-state index contributed by atoms with van der Waals surface area (Å²) in [5, 5.41) is 16.1. The van der Waals surface area contributed by atoms with Gasteiger partial charge in [0.15, 0.2) is 0 Å². The first-order valence-electron chi connectivity index (χ1n) is 9.32. The second-order valence-electron chi connectivity index (χ2n) is 7.04. The first-order valence-corrected chi connectivity index (χ1v) is 9.70. The summed E-state index contributed by atoms with van der Waals surface area (Å²) >= 11 is 6.50. The molecule has 1 saturated carbocycles. The number of carbonyl (C=O) groups excluding carboxylic acids is 1. The number of nitrogens with zero attached hydrogens (tertiary/aromatic N) is 4. The lowest BCUT2D eigenvalue weighted by atomic mass is 10.1. The van der Waals surface area contributed by atoms with Crippen molar-refractivity contribution in [2.45, 2.75) is 18.9 Å². The lowest BCUT2D eigenvalue weighted by Gasteiger charge is -2.36. The Morgan fingerprint density at radius 3 is 2.71 bits per heavy atom. The first-order chi connectivity index (χ1) is 13.6. The highest BCUT2D eigenvalue weighted by atomic mass is 35.5. The number of halogens is 1. The largest absolute Gasteiger partial charge is 0.453 e. The Kier molecular flexibility index (Phi) is 5.13. The molecule has 1 aromatic heterocycles. The summed E-state index contributed by atoms with van der Waals surface area (Å²) in [6.07, 6.45) is 7.13. The lowest BCUT2D eigenvalue weighted by molar-refractivity contribution is 0.121. The molecule has 0 unspecified atom stereocenters. The molecule has 1 aliphatic heterocycles. The van der Waals surface area contributed by atoms with Gasteiger partial charge in [0, 0.05) is 49.8 Å². The average Bonchev–Trinajstić information content (AvgIpc) is 3.47. The van der Waals surface area contributed by atoms with Crippen LogP contribution in [0.15, 0.2) is 24.5 Å². The van der Waals surface area contributed by atoms with Crippen LogP contribution in [0.4, 0.5) is 21.9 Å². The number of benzene rings is 1. The van der Waals surface area contributed by atoms with Gasteiger partial charge < -0.3 is 25.3 Å². The molecule has 148 valence electrons. The maximum atomic E-state index is 11.7. The number of methoxy groups -OCH3 is 1. The fraction of sp³-hybridized carbons (Fsp3) is 0.421. The number of amides is 1. The van der Waals surface area contributed by atoms with E-state index >= 15 is 0 Å². The van der Waals surface area contributed by atoms with E-state index in [1.54, 1.807) is 17.2 Å². The Bertz CT molecular complexity index is 887. The van der Waals surface area contributed by atoms with E-state index in [4.69, 9.17) is 21.7 Å². The number of rotatable bonds is 5. The number of anilines is 3. The van der Waals surface area contributed by atoms with E-state index in [-0.39, 0.29) is 6.09 Å². The number of hydrogen-bond donors (Lipinski definition) is 2. The van der Waals surface area contributed by atoms with Crippen molar-refractivity contribution >= 4 is 41.0 Å². The molecule has 9 heteroatoms. The topological polar surface area (TPSA) is 86.5 Å². The van der Waals surface area contributed by atoms with Gasteiger partial charge in [0.2, 0.25) is 0 Å². The Morgan fingerprint density at radius 1 is 1.32 bits per heavy atom. The van der Waals surface area contributed by atoms with Crippen LogP contribution in [0.1, 0.15) is 24.4 Å². The number of ether oxygens (including phenoxy) is 1. The summed E-state index contributed by atoms with van der Waals surface area (Å²) < 4.78 is 6.77. The number of aromatic nitrogens is 2. The first kappa shape index (κ1) is 18.6. The van der Waals surface area contributed by atoms with Gasteiger partial charge >= 0.3 is 6.09 Å². The zero-order valence-electron chi connectivity index (χ0n) is 15.7. The fourth-order valence-electron chi connectivity index (χ4n) is 3.40. The second-order valence-corrected chi connectivity index (χ2v) is 7.45. The summed E-state index contributed by atoms with van der Waals surface area (Å²) in [6.45, 7) is 2.48. The molecular formula is C19H23ClN6O2. The molecule has 2 N–H and O–H groups in total. The van der Waals surface area contributed by atoms with Gasteiger partial charge in [0.05, 0.1) is 35.7 Å². The smallest absolute Gasteiger partial charge is 0.409 e. The molecule has 1 aliphatic carbocycles. The summed E-state index contributed by atoms with van der Waals surface area (Å²) in [4.78, 5) is 15.5. The minimum Gasteiger partial charge on any atom is -0.453 e. The molecular weight excluding hydrogens is 380 g/mol. The van der Waals surface area contributed by atoms with Crippen LogP contribution in [0.3, 0.4) is 0 Å². The minimum absolute atomic E-state index is 0.306. The third-order valence-corrected chi connectivity index (χ3v) is 5.43. The Labute approximate surface area is 168 Å². The number of hydrogen-bond acceptors (Lipinski definition) is 6. The molecule has 8 nitrogen and oxygen atoms in total. The molecule has 2 heterocycles. The van der Waals surface area contributed by atoms with Crippen LogP contribution in [0, 0.1) is 5.41 Å². The highest BCUT2D eigenvalue weighted by Crippen LogP contribution is 2.36. The van der Waals surface area contributed by atoms with Crippen LogP contribution < -0.4 is 10.2 Å². The standard InChI is InChI=1S/C19H23ClN6O2/c1-28-19(27)25-6-4-24(5-7-25)18-9-17(13(10-21)8-16(18)20)23-14-11-22-26(12-14)15-2-3-15/h8-12,15,21,23H,2-7H2,1H3. The monoisotopic (exact) mass is 402 g/mol. The van der Waals surface area contributed by atoms with Crippen molar-refractivity contribution in [3.05, 3.63) is 35.1 Å². The van der Waals surface area contributed by atoms with Crippen LogP contribution in [0.2, 0.25) is 5.02 Å². The molecule has 0 radical (unpaired) electrons. The Morgan fingerprint density at radius 2 is 2.07 bits per heavy atom. The molecule has 0 bridgehead atoms. The van der Waals surface area contributed by atoms with Crippen LogP contribution >= 0.6 is 11.6 Å². The van der Waals surface area contributed by atoms with E-state index in [9.17, 15) is 4.79 Å². The van der Waals surface area contributed by atoms with Crippen LogP contribution in [0.5, 0.6) is 0 Å². The van der Waals surface area contributed by atoms with E-state index in [1.165, 1.54) is 26.2 Å². The molecule has 1 aromatic carbocycles. The van der Waals surface area contributed by atoms with Crippen molar-refractivity contribution in [3.63, 3.8) is 0 Å². The highest BCUT2D eigenvalue weighted by molar-refractivity contribution is 6.33. The number of carbonyl (C=O) groups is 1.